The maximum absolute atomic E-state index is 13.5. The minimum absolute atomic E-state index is 0.153. The Bertz CT molecular complexity index is 724. The zero-order valence-corrected chi connectivity index (χ0v) is 14.5. The molecule has 0 radical (unpaired) electrons. The highest BCUT2D eigenvalue weighted by molar-refractivity contribution is 6.30. The number of ether oxygens (including phenoxy) is 2. The summed E-state index contributed by atoms with van der Waals surface area (Å²) in [6.45, 7) is 0.227. The van der Waals surface area contributed by atoms with Gasteiger partial charge in [0.05, 0.1) is 0 Å². The molecule has 0 unspecified atom stereocenters. The first-order valence-electron chi connectivity index (χ1n) is 8.27. The van der Waals surface area contributed by atoms with Crippen molar-refractivity contribution in [3.05, 3.63) is 34.9 Å². The Kier molecular flexibility index (Phi) is 5.22. The first-order valence-corrected chi connectivity index (χ1v) is 8.65. The molecule has 0 aromatic heterocycles. The zero-order valence-electron chi connectivity index (χ0n) is 13.8. The summed E-state index contributed by atoms with van der Waals surface area (Å²) in [5.41, 5.74) is 1.21. The van der Waals surface area contributed by atoms with Crippen LogP contribution in [0.5, 0.6) is 11.5 Å². The van der Waals surface area contributed by atoms with Crippen LogP contribution in [0.1, 0.15) is 32.1 Å². The summed E-state index contributed by atoms with van der Waals surface area (Å²) in [5, 5.41) is 4.36. The van der Waals surface area contributed by atoms with Crippen LogP contribution >= 0.6 is 11.6 Å². The zero-order chi connectivity index (χ0) is 18.8. The number of amides is 2. The van der Waals surface area contributed by atoms with Gasteiger partial charge in [0.1, 0.15) is 0 Å². The molecule has 5 nitrogen and oxygen atoms in total. The second-order valence-electron chi connectivity index (χ2n) is 6.15. The smallest absolute Gasteiger partial charge is 0.424 e. The molecule has 142 valence electrons. The van der Waals surface area contributed by atoms with Gasteiger partial charge in [0.2, 0.25) is 0 Å². The van der Waals surface area contributed by atoms with Crippen molar-refractivity contribution in [3.63, 3.8) is 0 Å². The number of rotatable bonds is 4. The van der Waals surface area contributed by atoms with Gasteiger partial charge in [-0.3, -0.25) is 5.32 Å². The van der Waals surface area contributed by atoms with E-state index < -0.39 is 18.1 Å². The van der Waals surface area contributed by atoms with Crippen molar-refractivity contribution >= 4 is 17.6 Å². The molecule has 1 aromatic rings. The Balaban J connectivity index is 1.63. The third kappa shape index (κ3) is 4.00. The fourth-order valence-corrected chi connectivity index (χ4v) is 3.04. The third-order valence-corrected chi connectivity index (χ3v) is 4.42. The van der Waals surface area contributed by atoms with Gasteiger partial charge < -0.3 is 14.8 Å². The fraction of sp³-hybridized carbons (Fsp3) is 0.471. The van der Waals surface area contributed by atoms with E-state index in [2.05, 4.69) is 11.4 Å². The minimum Gasteiger partial charge on any atom is -0.424 e. The molecule has 1 aliphatic carbocycles. The van der Waals surface area contributed by atoms with Gasteiger partial charge in [0.25, 0.3) is 0 Å². The molecule has 0 saturated carbocycles. The molecule has 26 heavy (non-hydrogen) atoms. The second-order valence-corrected chi connectivity index (χ2v) is 6.59. The quantitative estimate of drug-likeness (QED) is 0.743. The van der Waals surface area contributed by atoms with Crippen LogP contribution < -0.4 is 20.1 Å². The summed E-state index contributed by atoms with van der Waals surface area (Å²) in [7, 11) is 0. The number of nitrogens with one attached hydrogen (secondary N) is 2. The molecular formula is C17H18ClF3N2O3. The van der Waals surface area contributed by atoms with E-state index in [1.807, 2.05) is 0 Å². The van der Waals surface area contributed by atoms with E-state index in [1.165, 1.54) is 23.8 Å². The Labute approximate surface area is 153 Å². The van der Waals surface area contributed by atoms with Crippen molar-refractivity contribution in [2.75, 3.05) is 6.54 Å². The van der Waals surface area contributed by atoms with Crippen LogP contribution in [0, 0.1) is 0 Å². The average Bonchev–Trinajstić information content (AvgIpc) is 2.94. The van der Waals surface area contributed by atoms with Crippen molar-refractivity contribution in [2.24, 2.45) is 0 Å². The molecule has 1 aliphatic heterocycles. The molecule has 1 aromatic carbocycles. The normalized spacial score (nSPS) is 21.9. The third-order valence-electron chi connectivity index (χ3n) is 4.18. The molecule has 1 heterocycles. The van der Waals surface area contributed by atoms with Crippen LogP contribution in [0.2, 0.25) is 5.02 Å². The van der Waals surface area contributed by atoms with Gasteiger partial charge >= 0.3 is 18.1 Å². The van der Waals surface area contributed by atoms with Crippen molar-refractivity contribution in [1.29, 1.82) is 0 Å². The van der Waals surface area contributed by atoms with E-state index >= 15 is 0 Å². The molecule has 2 N–H and O–H groups in total. The van der Waals surface area contributed by atoms with Gasteiger partial charge in [0.15, 0.2) is 11.5 Å². The number of fused-ring (bicyclic) bond motifs is 1. The molecule has 1 atom stereocenters. The highest BCUT2D eigenvalue weighted by Crippen LogP contribution is 2.46. The van der Waals surface area contributed by atoms with Gasteiger partial charge in [-0.05, 0) is 44.2 Å². The maximum atomic E-state index is 13.5. The largest absolute Gasteiger partial charge is 0.492 e. The minimum atomic E-state index is -5.00. The van der Waals surface area contributed by atoms with Gasteiger partial charge in [-0.15, -0.1) is 0 Å². The van der Waals surface area contributed by atoms with E-state index in [4.69, 9.17) is 21.1 Å². The lowest BCUT2D eigenvalue weighted by Gasteiger charge is -2.29. The van der Waals surface area contributed by atoms with E-state index in [-0.39, 0.29) is 23.1 Å². The van der Waals surface area contributed by atoms with E-state index in [0.717, 1.165) is 25.7 Å². The Morgan fingerprint density at radius 3 is 2.69 bits per heavy atom. The molecule has 9 heteroatoms. The monoisotopic (exact) mass is 390 g/mol. The van der Waals surface area contributed by atoms with E-state index in [1.54, 1.807) is 5.32 Å². The molecule has 0 bridgehead atoms. The average molecular weight is 391 g/mol. The van der Waals surface area contributed by atoms with Crippen LogP contribution in [0.4, 0.5) is 18.0 Å². The van der Waals surface area contributed by atoms with Crippen LogP contribution in [0.25, 0.3) is 0 Å². The molecule has 2 amide bonds. The Hall–Kier alpha value is -2.09. The lowest BCUT2D eigenvalue weighted by Crippen LogP contribution is -2.66. The molecular weight excluding hydrogens is 373 g/mol. The van der Waals surface area contributed by atoms with Crippen LogP contribution in [-0.4, -0.2) is 24.7 Å². The molecule has 3 rings (SSSR count). The Morgan fingerprint density at radius 2 is 2.00 bits per heavy atom. The van der Waals surface area contributed by atoms with Gasteiger partial charge in [0, 0.05) is 17.6 Å². The predicted octanol–water partition coefficient (Wildman–Crippen LogP) is 4.52. The molecule has 0 saturated heterocycles. The molecule has 2 aliphatic rings. The van der Waals surface area contributed by atoms with Crippen LogP contribution in [0.15, 0.2) is 29.8 Å². The highest BCUT2D eigenvalue weighted by atomic mass is 35.5. The number of halogens is 4. The van der Waals surface area contributed by atoms with Gasteiger partial charge in [-0.2, -0.15) is 13.2 Å². The van der Waals surface area contributed by atoms with Crippen molar-refractivity contribution in [2.45, 2.75) is 44.2 Å². The predicted molar refractivity (Wildman–Crippen MR) is 89.2 cm³/mol. The first-order chi connectivity index (χ1) is 12.3. The van der Waals surface area contributed by atoms with Crippen LogP contribution in [-0.2, 0) is 0 Å². The lowest BCUT2D eigenvalue weighted by molar-refractivity contribution is -0.317. The standard InChI is InChI=1S/C17H18ClF3N2O3/c18-12-6-7-13-14(10-12)26-17(25-13,16(19,20)21)23-15(24)22-9-8-11-4-2-1-3-5-11/h4,6-7,10H,1-3,5,8-9H2,(H2,22,23,24)/t17-/m0/s1. The maximum Gasteiger partial charge on any atom is 0.492 e. The number of benzene rings is 1. The number of carbonyl (C=O) groups is 1. The van der Waals surface area contributed by atoms with Gasteiger partial charge in [-0.25, -0.2) is 4.79 Å². The number of alkyl halides is 3. The topological polar surface area (TPSA) is 59.6 Å². The number of hydrogen-bond acceptors (Lipinski definition) is 3. The number of hydrogen-bond donors (Lipinski definition) is 2. The van der Waals surface area contributed by atoms with Crippen molar-refractivity contribution < 1.29 is 27.4 Å². The van der Waals surface area contributed by atoms with Crippen molar-refractivity contribution in [1.82, 2.24) is 10.6 Å². The molecule has 0 spiro atoms. The molecule has 0 fully saturated rings. The summed E-state index contributed by atoms with van der Waals surface area (Å²) in [4.78, 5) is 12.0. The summed E-state index contributed by atoms with van der Waals surface area (Å²) >= 11 is 5.76. The highest BCUT2D eigenvalue weighted by Gasteiger charge is 2.65. The lowest BCUT2D eigenvalue weighted by atomic mass is 9.97. The van der Waals surface area contributed by atoms with Gasteiger partial charge in [-0.1, -0.05) is 23.3 Å². The number of allylic oxidation sites excluding steroid dienone is 1. The summed E-state index contributed by atoms with van der Waals surface area (Å²) in [6, 6.07) is 2.78. The fourth-order valence-electron chi connectivity index (χ4n) is 2.88. The van der Waals surface area contributed by atoms with E-state index in [9.17, 15) is 18.0 Å². The Morgan fingerprint density at radius 1 is 1.23 bits per heavy atom. The van der Waals surface area contributed by atoms with E-state index in [0.29, 0.717) is 6.42 Å². The second kappa shape index (κ2) is 7.26. The SMILES string of the molecule is O=C(NCCC1=CCCCC1)N[C@@]1(C(F)(F)F)Oc2ccc(Cl)cc2O1. The summed E-state index contributed by atoms with van der Waals surface area (Å²) in [5.74, 6) is -3.63. The number of urea groups is 1. The first kappa shape index (κ1) is 18.7. The van der Waals surface area contributed by atoms with Crippen molar-refractivity contribution in [3.8, 4) is 11.5 Å². The summed E-state index contributed by atoms with van der Waals surface area (Å²) < 4.78 is 50.3. The summed E-state index contributed by atoms with van der Waals surface area (Å²) in [6.07, 6.45) is 1.91. The number of carbonyl (C=O) groups excluding carboxylic acids is 1. The van der Waals surface area contributed by atoms with Crippen LogP contribution in [0.3, 0.4) is 0 Å².